The average molecular weight is 372 g/mol. The summed E-state index contributed by atoms with van der Waals surface area (Å²) in [5.74, 6) is -0.778. The van der Waals surface area contributed by atoms with Crippen LogP contribution in [0.1, 0.15) is 12.5 Å². The minimum Gasteiger partial charge on any atom is -0.229 e. The van der Waals surface area contributed by atoms with Gasteiger partial charge in [0.1, 0.15) is 11.6 Å². The molecule has 3 aromatic rings. The molecular weight excluding hydrogens is 354 g/mol. The summed E-state index contributed by atoms with van der Waals surface area (Å²) in [6.07, 6.45) is 0. The van der Waals surface area contributed by atoms with Crippen LogP contribution in [0.3, 0.4) is 0 Å². The molecule has 0 saturated carbocycles. The lowest BCUT2D eigenvalue weighted by molar-refractivity contribution is 0.596. The van der Waals surface area contributed by atoms with Gasteiger partial charge in [-0.05, 0) is 52.1 Å². The molecule has 0 atom stereocenters. The highest BCUT2D eigenvalue weighted by molar-refractivity contribution is 7.90. The Kier molecular flexibility index (Phi) is 5.18. The minimum absolute atomic E-state index is 0.0383. The number of halogens is 2. The maximum absolute atomic E-state index is 13.4. The van der Waals surface area contributed by atoms with Crippen molar-refractivity contribution in [1.29, 1.82) is 0 Å². The first-order valence-electron chi connectivity index (χ1n) is 8.24. The van der Waals surface area contributed by atoms with Gasteiger partial charge in [0, 0.05) is 5.75 Å². The maximum atomic E-state index is 13.4. The summed E-state index contributed by atoms with van der Waals surface area (Å²) in [5, 5.41) is 0. The van der Waals surface area contributed by atoms with Crippen molar-refractivity contribution >= 4 is 9.84 Å². The van der Waals surface area contributed by atoms with Crippen molar-refractivity contribution in [3.05, 3.63) is 83.9 Å². The second-order valence-electron chi connectivity index (χ2n) is 6.03. The third-order valence-corrected chi connectivity index (χ3v) is 5.88. The second-order valence-corrected chi connectivity index (χ2v) is 8.38. The number of benzene rings is 3. The van der Waals surface area contributed by atoms with E-state index in [2.05, 4.69) is 0 Å². The molecule has 0 N–H and O–H groups in total. The third-order valence-electron chi connectivity index (χ3n) is 4.25. The molecule has 0 saturated heterocycles. The number of sulfone groups is 1. The highest BCUT2D eigenvalue weighted by Crippen LogP contribution is 2.36. The van der Waals surface area contributed by atoms with Crippen LogP contribution in [0, 0.1) is 11.6 Å². The zero-order chi connectivity index (χ0) is 18.7. The molecule has 26 heavy (non-hydrogen) atoms. The van der Waals surface area contributed by atoms with Crippen LogP contribution < -0.4 is 0 Å². The zero-order valence-electron chi connectivity index (χ0n) is 14.2. The number of rotatable bonds is 5. The lowest BCUT2D eigenvalue weighted by Gasteiger charge is -2.16. The smallest absolute Gasteiger partial charge is 0.154 e. The van der Waals surface area contributed by atoms with Crippen molar-refractivity contribution < 1.29 is 17.2 Å². The Morgan fingerprint density at radius 2 is 1.31 bits per heavy atom. The van der Waals surface area contributed by atoms with E-state index in [1.807, 2.05) is 6.07 Å². The Morgan fingerprint density at radius 3 is 1.85 bits per heavy atom. The predicted octanol–water partition coefficient (Wildman–Crippen LogP) is 5.23. The summed E-state index contributed by atoms with van der Waals surface area (Å²) >= 11 is 0. The van der Waals surface area contributed by atoms with E-state index in [0.717, 1.165) is 16.7 Å². The Balaban J connectivity index is 2.24. The fraction of sp³-hybridized carbons (Fsp3) is 0.143. The van der Waals surface area contributed by atoms with Gasteiger partial charge in [0.05, 0.1) is 5.75 Å². The van der Waals surface area contributed by atoms with E-state index in [1.54, 1.807) is 43.3 Å². The minimum atomic E-state index is -3.25. The van der Waals surface area contributed by atoms with E-state index in [-0.39, 0.29) is 23.1 Å². The van der Waals surface area contributed by atoms with E-state index < -0.39 is 9.84 Å². The van der Waals surface area contributed by atoms with Gasteiger partial charge in [-0.2, -0.15) is 0 Å². The van der Waals surface area contributed by atoms with Crippen molar-refractivity contribution in [1.82, 2.24) is 0 Å². The van der Waals surface area contributed by atoms with Gasteiger partial charge in [0.15, 0.2) is 9.84 Å². The van der Waals surface area contributed by atoms with Gasteiger partial charge in [0.25, 0.3) is 0 Å². The van der Waals surface area contributed by atoms with Gasteiger partial charge in [-0.3, -0.25) is 0 Å². The molecule has 0 spiro atoms. The second kappa shape index (κ2) is 7.38. The van der Waals surface area contributed by atoms with Crippen LogP contribution in [0.15, 0.2) is 66.7 Å². The van der Waals surface area contributed by atoms with Crippen LogP contribution in [-0.2, 0) is 15.6 Å². The highest BCUT2D eigenvalue weighted by Gasteiger charge is 2.17. The SMILES string of the molecule is CCS(=O)(=O)Cc1cccc(-c2ccc(F)cc2)c1-c1ccc(F)cc1. The van der Waals surface area contributed by atoms with E-state index in [0.29, 0.717) is 11.1 Å². The Hall–Kier alpha value is -2.53. The van der Waals surface area contributed by atoms with Crippen molar-refractivity contribution in [2.75, 3.05) is 5.75 Å². The van der Waals surface area contributed by atoms with Gasteiger partial charge < -0.3 is 0 Å². The van der Waals surface area contributed by atoms with Crippen LogP contribution >= 0.6 is 0 Å². The molecule has 0 fully saturated rings. The predicted molar refractivity (Wildman–Crippen MR) is 100 cm³/mol. The van der Waals surface area contributed by atoms with Gasteiger partial charge in [-0.15, -0.1) is 0 Å². The Morgan fingerprint density at radius 1 is 0.769 bits per heavy atom. The van der Waals surface area contributed by atoms with Crippen LogP contribution in [0.2, 0.25) is 0 Å². The van der Waals surface area contributed by atoms with Crippen LogP contribution in [0.4, 0.5) is 8.78 Å². The van der Waals surface area contributed by atoms with Crippen molar-refractivity contribution in [3.63, 3.8) is 0 Å². The zero-order valence-corrected chi connectivity index (χ0v) is 15.1. The average Bonchev–Trinajstić information content (AvgIpc) is 2.63. The first-order chi connectivity index (χ1) is 12.4. The molecule has 0 aliphatic heterocycles. The molecule has 0 heterocycles. The molecule has 2 nitrogen and oxygen atoms in total. The molecule has 0 unspecified atom stereocenters. The van der Waals surface area contributed by atoms with Gasteiger partial charge in [-0.1, -0.05) is 49.4 Å². The largest absolute Gasteiger partial charge is 0.229 e. The molecule has 0 amide bonds. The normalized spacial score (nSPS) is 11.5. The summed E-state index contributed by atoms with van der Waals surface area (Å²) < 4.78 is 51.0. The lowest BCUT2D eigenvalue weighted by atomic mass is 9.91. The fourth-order valence-corrected chi connectivity index (χ4v) is 3.81. The summed E-state index contributed by atoms with van der Waals surface area (Å²) in [4.78, 5) is 0. The molecule has 134 valence electrons. The molecule has 3 rings (SSSR count). The van der Waals surface area contributed by atoms with Crippen LogP contribution in [-0.4, -0.2) is 14.2 Å². The van der Waals surface area contributed by atoms with Crippen molar-refractivity contribution in [2.45, 2.75) is 12.7 Å². The molecule has 0 bridgehead atoms. The highest BCUT2D eigenvalue weighted by atomic mass is 32.2. The van der Waals surface area contributed by atoms with Crippen LogP contribution in [0.25, 0.3) is 22.3 Å². The van der Waals surface area contributed by atoms with Gasteiger partial charge >= 0.3 is 0 Å². The summed E-state index contributed by atoms with van der Waals surface area (Å²) in [6, 6.07) is 17.4. The molecule has 0 aromatic heterocycles. The Bertz CT molecular complexity index is 1010. The summed E-state index contributed by atoms with van der Waals surface area (Å²) in [5.41, 5.74) is 3.62. The lowest BCUT2D eigenvalue weighted by Crippen LogP contribution is -2.08. The number of hydrogen-bond acceptors (Lipinski definition) is 2. The van der Waals surface area contributed by atoms with Crippen molar-refractivity contribution in [3.8, 4) is 22.3 Å². The standard InChI is InChI=1S/C21H18F2O2S/c1-2-26(24,25)14-17-4-3-5-20(15-6-10-18(22)11-7-15)21(17)16-8-12-19(23)13-9-16/h3-13H,2,14H2,1H3. The van der Waals surface area contributed by atoms with Gasteiger partial charge in [0.2, 0.25) is 0 Å². The monoisotopic (exact) mass is 372 g/mol. The quantitative estimate of drug-likeness (QED) is 0.614. The Labute approximate surface area is 152 Å². The van der Waals surface area contributed by atoms with Crippen molar-refractivity contribution in [2.24, 2.45) is 0 Å². The molecule has 0 aliphatic carbocycles. The topological polar surface area (TPSA) is 34.1 Å². The molecule has 0 radical (unpaired) electrons. The summed E-state index contributed by atoms with van der Waals surface area (Å²) in [7, 11) is -3.25. The summed E-state index contributed by atoms with van der Waals surface area (Å²) in [6.45, 7) is 1.61. The maximum Gasteiger partial charge on any atom is 0.154 e. The first-order valence-corrected chi connectivity index (χ1v) is 10.1. The molecular formula is C21H18F2O2S. The number of hydrogen-bond donors (Lipinski definition) is 0. The van der Waals surface area contributed by atoms with E-state index in [9.17, 15) is 17.2 Å². The fourth-order valence-electron chi connectivity index (χ4n) is 2.89. The van der Waals surface area contributed by atoms with Gasteiger partial charge in [-0.25, -0.2) is 17.2 Å². The van der Waals surface area contributed by atoms with Crippen LogP contribution in [0.5, 0.6) is 0 Å². The van der Waals surface area contributed by atoms with E-state index in [1.165, 1.54) is 24.3 Å². The first kappa shape index (κ1) is 18.3. The molecule has 5 heteroatoms. The molecule has 0 aliphatic rings. The van der Waals surface area contributed by atoms with E-state index >= 15 is 0 Å². The van der Waals surface area contributed by atoms with E-state index in [4.69, 9.17) is 0 Å². The third kappa shape index (κ3) is 3.99. The molecule has 3 aromatic carbocycles.